The monoisotopic (exact) mass is 350 g/mol. The Morgan fingerprint density at radius 2 is 2.04 bits per heavy atom. The number of amides is 1. The Labute approximate surface area is 148 Å². The first-order valence-corrected chi connectivity index (χ1v) is 8.27. The van der Waals surface area contributed by atoms with Crippen molar-refractivity contribution in [1.29, 1.82) is 5.26 Å². The number of aromatic hydroxyl groups is 1. The van der Waals surface area contributed by atoms with Crippen LogP contribution in [0.3, 0.4) is 0 Å². The zero-order valence-corrected chi connectivity index (χ0v) is 14.1. The lowest BCUT2D eigenvalue weighted by Crippen LogP contribution is -2.33. The Balaban J connectivity index is 1.75. The molecule has 0 radical (unpaired) electrons. The van der Waals surface area contributed by atoms with Crippen molar-refractivity contribution in [2.24, 2.45) is 0 Å². The number of fused-ring (bicyclic) bond motifs is 1. The first-order chi connectivity index (χ1) is 12.1. The van der Waals surface area contributed by atoms with Crippen molar-refractivity contribution >= 4 is 33.6 Å². The predicted molar refractivity (Wildman–Crippen MR) is 96.7 cm³/mol. The Morgan fingerprint density at radius 3 is 2.68 bits per heavy atom. The molecule has 0 unspecified atom stereocenters. The summed E-state index contributed by atoms with van der Waals surface area (Å²) in [6, 6.07) is 12.6. The zero-order valence-electron chi connectivity index (χ0n) is 13.3. The van der Waals surface area contributed by atoms with Gasteiger partial charge in [0.1, 0.15) is 22.4 Å². The maximum Gasteiger partial charge on any atom is 0.273 e. The largest absolute Gasteiger partial charge is 0.507 e. The highest BCUT2D eigenvalue weighted by atomic mass is 32.1. The molecule has 124 valence electrons. The predicted octanol–water partition coefficient (Wildman–Crippen LogP) is 3.11. The van der Waals surface area contributed by atoms with Crippen LogP contribution in [0.5, 0.6) is 5.75 Å². The first kappa shape index (κ1) is 16.5. The maximum atomic E-state index is 12.3. The average molecular weight is 350 g/mol. The number of nitrogens with zero attached hydrogens (tertiary/aromatic N) is 2. The van der Waals surface area contributed by atoms with E-state index in [4.69, 9.17) is 0 Å². The molecule has 6 nitrogen and oxygen atoms in total. The van der Waals surface area contributed by atoms with Gasteiger partial charge in [0, 0.05) is 17.3 Å². The minimum atomic E-state index is -0.507. The van der Waals surface area contributed by atoms with Gasteiger partial charge >= 0.3 is 0 Å². The van der Waals surface area contributed by atoms with Gasteiger partial charge in [0.15, 0.2) is 0 Å². The molecule has 3 rings (SSSR count). The third-order valence-electron chi connectivity index (χ3n) is 3.48. The molecule has 1 amide bonds. The lowest BCUT2D eigenvalue weighted by atomic mass is 10.1. The Bertz CT molecular complexity index is 1020. The summed E-state index contributed by atoms with van der Waals surface area (Å²) in [4.78, 5) is 16.5. The second-order valence-corrected chi connectivity index (χ2v) is 6.14. The summed E-state index contributed by atoms with van der Waals surface area (Å²) in [5.41, 5.74) is 6.31. The molecule has 0 aliphatic rings. The number of nitriles is 1. The smallest absolute Gasteiger partial charge is 0.273 e. The van der Waals surface area contributed by atoms with Crippen molar-refractivity contribution in [3.05, 3.63) is 64.2 Å². The summed E-state index contributed by atoms with van der Waals surface area (Å²) in [5.74, 6) is -0.620. The van der Waals surface area contributed by atoms with E-state index in [1.54, 1.807) is 12.1 Å². The van der Waals surface area contributed by atoms with E-state index in [0.29, 0.717) is 10.6 Å². The third kappa shape index (κ3) is 3.59. The normalized spacial score (nSPS) is 11.1. The summed E-state index contributed by atoms with van der Waals surface area (Å²) >= 11 is 1.35. The number of carbonyl (C=O) groups excluding carboxylic acids is 1. The van der Waals surface area contributed by atoms with Crippen molar-refractivity contribution in [3.8, 4) is 11.8 Å². The number of phenolic OH excluding ortho intramolecular Hbond substituents is 1. The van der Waals surface area contributed by atoms with Crippen molar-refractivity contribution < 1.29 is 9.90 Å². The fourth-order valence-electron chi connectivity index (χ4n) is 2.27. The summed E-state index contributed by atoms with van der Waals surface area (Å²) < 4.78 is 0. The van der Waals surface area contributed by atoms with Crippen LogP contribution in [0, 0.1) is 18.3 Å². The number of hydrazine groups is 1. The molecule has 0 saturated heterocycles. The third-order valence-corrected chi connectivity index (χ3v) is 4.47. The topological polar surface area (TPSA) is 98.0 Å². The van der Waals surface area contributed by atoms with Gasteiger partial charge in [-0.15, -0.1) is 11.3 Å². The maximum absolute atomic E-state index is 12.3. The fraction of sp³-hybridized carbons (Fsp3) is 0.0556. The second-order valence-electron chi connectivity index (χ2n) is 5.28. The molecule has 7 heteroatoms. The number of aromatic nitrogens is 1. The molecule has 2 aromatic carbocycles. The van der Waals surface area contributed by atoms with Crippen LogP contribution in [0.2, 0.25) is 0 Å². The number of phenols is 1. The van der Waals surface area contributed by atoms with Gasteiger partial charge in [0.2, 0.25) is 0 Å². The van der Waals surface area contributed by atoms with E-state index >= 15 is 0 Å². The Kier molecular flexibility index (Phi) is 4.64. The molecule has 0 bridgehead atoms. The highest BCUT2D eigenvalue weighted by molar-refractivity contribution is 7.10. The van der Waals surface area contributed by atoms with Crippen LogP contribution in [0.15, 0.2) is 48.0 Å². The van der Waals surface area contributed by atoms with Crippen LogP contribution >= 0.6 is 11.3 Å². The molecule has 1 aromatic heterocycles. The molecular weight excluding hydrogens is 336 g/mol. The van der Waals surface area contributed by atoms with E-state index in [-0.39, 0.29) is 11.3 Å². The van der Waals surface area contributed by atoms with E-state index in [2.05, 4.69) is 15.8 Å². The van der Waals surface area contributed by atoms with E-state index < -0.39 is 5.91 Å². The van der Waals surface area contributed by atoms with Crippen LogP contribution in [0.4, 0.5) is 0 Å². The van der Waals surface area contributed by atoms with Crippen LogP contribution in [-0.2, 0) is 0 Å². The van der Waals surface area contributed by atoms with Crippen molar-refractivity contribution in [1.82, 2.24) is 15.8 Å². The minimum absolute atomic E-state index is 0.113. The van der Waals surface area contributed by atoms with E-state index in [9.17, 15) is 15.2 Å². The lowest BCUT2D eigenvalue weighted by molar-refractivity contribution is 0.0938. The molecule has 0 aliphatic heterocycles. The molecule has 0 spiro atoms. The van der Waals surface area contributed by atoms with Crippen LogP contribution in [-0.4, -0.2) is 16.0 Å². The van der Waals surface area contributed by atoms with Gasteiger partial charge in [-0.3, -0.25) is 10.2 Å². The second kappa shape index (κ2) is 7.03. The van der Waals surface area contributed by atoms with Gasteiger partial charge in [0.25, 0.3) is 5.91 Å². The molecule has 0 fully saturated rings. The van der Waals surface area contributed by atoms with E-state index in [0.717, 1.165) is 16.5 Å². The van der Waals surface area contributed by atoms with Gasteiger partial charge < -0.3 is 10.5 Å². The number of nitrogens with one attached hydrogen (secondary N) is 2. The number of benzene rings is 2. The Hall–Kier alpha value is -3.37. The van der Waals surface area contributed by atoms with Crippen LogP contribution in [0.1, 0.15) is 21.1 Å². The molecule has 25 heavy (non-hydrogen) atoms. The number of allylic oxidation sites excluding steroid dienone is 1. The minimum Gasteiger partial charge on any atom is -0.507 e. The summed E-state index contributed by atoms with van der Waals surface area (Å²) in [7, 11) is 0. The van der Waals surface area contributed by atoms with Gasteiger partial charge in [0.05, 0.1) is 5.56 Å². The standard InChI is InChI=1S/C18H14N4O2S/c1-11-10-25-18(21-11)14(8-19)9-20-22-17(24)15-6-12-4-2-3-5-13(12)7-16(15)23/h2-7,9-10,20,23H,1H3,(H,22,24)/b14-9+. The quantitative estimate of drug-likeness (QED) is 0.496. The van der Waals surface area contributed by atoms with Gasteiger partial charge in [-0.05, 0) is 29.8 Å². The number of rotatable bonds is 4. The highest BCUT2D eigenvalue weighted by Gasteiger charge is 2.12. The number of hydrogen-bond donors (Lipinski definition) is 3. The molecule has 0 aliphatic carbocycles. The summed E-state index contributed by atoms with van der Waals surface area (Å²) in [5, 5.41) is 23.3. The molecule has 3 N–H and O–H groups in total. The molecule has 0 atom stereocenters. The number of aryl methyl sites for hydroxylation is 1. The number of thiazole rings is 1. The van der Waals surface area contributed by atoms with Gasteiger partial charge in [-0.2, -0.15) is 5.26 Å². The SMILES string of the molecule is Cc1csc(/C(C#N)=C/NNC(=O)c2cc3ccccc3cc2O)n1. The molecule has 1 heterocycles. The van der Waals surface area contributed by atoms with Crippen molar-refractivity contribution in [2.45, 2.75) is 6.92 Å². The highest BCUT2D eigenvalue weighted by Crippen LogP contribution is 2.24. The van der Waals surface area contributed by atoms with Crippen LogP contribution < -0.4 is 10.9 Å². The molecular formula is C18H14N4O2S. The number of hydrogen-bond acceptors (Lipinski definition) is 6. The average Bonchev–Trinajstić information content (AvgIpc) is 3.04. The number of carbonyl (C=O) groups is 1. The summed E-state index contributed by atoms with van der Waals surface area (Å²) in [6.45, 7) is 1.84. The molecule has 0 saturated carbocycles. The lowest BCUT2D eigenvalue weighted by Gasteiger charge is -2.08. The van der Waals surface area contributed by atoms with E-state index in [1.807, 2.05) is 42.6 Å². The summed E-state index contributed by atoms with van der Waals surface area (Å²) in [6.07, 6.45) is 1.37. The van der Waals surface area contributed by atoms with Gasteiger partial charge in [-0.25, -0.2) is 4.98 Å². The van der Waals surface area contributed by atoms with Gasteiger partial charge in [-0.1, -0.05) is 24.3 Å². The Morgan fingerprint density at radius 1 is 1.32 bits per heavy atom. The molecule has 3 aromatic rings. The zero-order chi connectivity index (χ0) is 17.8. The van der Waals surface area contributed by atoms with Crippen molar-refractivity contribution in [2.75, 3.05) is 0 Å². The van der Waals surface area contributed by atoms with Crippen LogP contribution in [0.25, 0.3) is 16.3 Å². The first-order valence-electron chi connectivity index (χ1n) is 7.39. The fourth-order valence-corrected chi connectivity index (χ4v) is 3.03. The van der Waals surface area contributed by atoms with Crippen molar-refractivity contribution in [3.63, 3.8) is 0 Å². The van der Waals surface area contributed by atoms with E-state index in [1.165, 1.54) is 17.5 Å².